The first-order valence-corrected chi connectivity index (χ1v) is 9.88. The van der Waals surface area contributed by atoms with Crippen LogP contribution in [0.1, 0.15) is 10.6 Å². The molecule has 0 aliphatic rings. The number of aromatic hydroxyl groups is 1. The van der Waals surface area contributed by atoms with Crippen LogP contribution in [0.4, 0.5) is 0 Å². The van der Waals surface area contributed by atoms with Gasteiger partial charge in [0.05, 0.1) is 22.8 Å². The van der Waals surface area contributed by atoms with Crippen molar-refractivity contribution in [3.8, 4) is 28.8 Å². The first-order chi connectivity index (χ1) is 12.5. The Morgan fingerprint density at radius 1 is 1.31 bits per heavy atom. The van der Waals surface area contributed by atoms with Crippen molar-refractivity contribution in [2.75, 3.05) is 7.11 Å². The molecule has 1 N–H and O–H groups in total. The molecule has 1 heterocycles. The molecule has 3 aromatic rings. The lowest BCUT2D eigenvalue weighted by molar-refractivity contribution is 0.372. The molecule has 0 fully saturated rings. The topological polar surface area (TPSA) is 66.1 Å². The fourth-order valence-electron chi connectivity index (χ4n) is 2.32. The van der Waals surface area contributed by atoms with Gasteiger partial charge < -0.3 is 9.84 Å². The van der Waals surface area contributed by atoms with E-state index in [1.807, 2.05) is 29.6 Å². The molecular weight excluding hydrogens is 480 g/mol. The highest BCUT2D eigenvalue weighted by Crippen LogP contribution is 2.36. The summed E-state index contributed by atoms with van der Waals surface area (Å²) in [4.78, 5) is 4.59. The minimum absolute atomic E-state index is 0.0225. The second-order valence-electron chi connectivity index (χ2n) is 5.27. The van der Waals surface area contributed by atoms with E-state index >= 15 is 0 Å². The van der Waals surface area contributed by atoms with Gasteiger partial charge in [0.2, 0.25) is 0 Å². The standard InChI is InChI=1S/C19H12Br2N2O2S/c1-25-17-7-11(6-15(21)18(17)24)5-13(9-22)19-23-16(10-26-19)12-3-2-4-14(20)8-12/h2-8,10,24H,1H3/b13-5+. The average Bonchev–Trinajstić information content (AvgIpc) is 3.12. The Morgan fingerprint density at radius 2 is 2.12 bits per heavy atom. The molecule has 0 saturated carbocycles. The molecule has 0 unspecified atom stereocenters. The molecule has 7 heteroatoms. The van der Waals surface area contributed by atoms with Crippen molar-refractivity contribution in [2.24, 2.45) is 0 Å². The lowest BCUT2D eigenvalue weighted by Crippen LogP contribution is -1.87. The van der Waals surface area contributed by atoms with Gasteiger partial charge >= 0.3 is 0 Å². The summed E-state index contributed by atoms with van der Waals surface area (Å²) < 4.78 is 6.62. The molecule has 4 nitrogen and oxygen atoms in total. The van der Waals surface area contributed by atoms with E-state index in [2.05, 4.69) is 42.9 Å². The molecule has 0 aliphatic heterocycles. The number of aromatic nitrogens is 1. The van der Waals surface area contributed by atoms with Crippen LogP contribution in [-0.4, -0.2) is 17.2 Å². The summed E-state index contributed by atoms with van der Waals surface area (Å²) >= 11 is 8.15. The number of nitrogens with zero attached hydrogens (tertiary/aromatic N) is 2. The van der Waals surface area contributed by atoms with E-state index in [9.17, 15) is 10.4 Å². The van der Waals surface area contributed by atoms with Crippen LogP contribution in [0.5, 0.6) is 11.5 Å². The number of hydrogen-bond donors (Lipinski definition) is 1. The Morgan fingerprint density at radius 3 is 2.81 bits per heavy atom. The van der Waals surface area contributed by atoms with Crippen LogP contribution >= 0.6 is 43.2 Å². The van der Waals surface area contributed by atoms with Crippen LogP contribution in [0.25, 0.3) is 22.9 Å². The summed E-state index contributed by atoms with van der Waals surface area (Å²) in [6, 6.07) is 13.4. The number of rotatable bonds is 4. The SMILES string of the molecule is COc1cc(/C=C(\C#N)c2nc(-c3cccc(Br)c3)cs2)cc(Br)c1O. The van der Waals surface area contributed by atoms with Crippen LogP contribution in [0, 0.1) is 11.3 Å². The van der Waals surface area contributed by atoms with Crippen molar-refractivity contribution in [1.82, 2.24) is 4.98 Å². The number of phenolic OH excluding ortho intramolecular Hbond substituents is 1. The van der Waals surface area contributed by atoms with E-state index in [0.29, 0.717) is 20.8 Å². The zero-order chi connectivity index (χ0) is 18.7. The highest BCUT2D eigenvalue weighted by Gasteiger charge is 2.12. The Hall–Kier alpha value is -2.14. The fraction of sp³-hybridized carbons (Fsp3) is 0.0526. The molecule has 0 saturated heterocycles. The highest BCUT2D eigenvalue weighted by atomic mass is 79.9. The predicted octanol–water partition coefficient (Wildman–Crippen LogP) is 6.11. The largest absolute Gasteiger partial charge is 0.503 e. The van der Waals surface area contributed by atoms with Gasteiger partial charge in [0, 0.05) is 15.4 Å². The first-order valence-electron chi connectivity index (χ1n) is 7.42. The zero-order valence-corrected chi connectivity index (χ0v) is 17.5. The molecule has 0 amide bonds. The van der Waals surface area contributed by atoms with Crippen molar-refractivity contribution < 1.29 is 9.84 Å². The van der Waals surface area contributed by atoms with Crippen molar-refractivity contribution in [2.45, 2.75) is 0 Å². The van der Waals surface area contributed by atoms with Crippen molar-refractivity contribution >= 4 is 54.8 Å². The second kappa shape index (κ2) is 8.04. The van der Waals surface area contributed by atoms with E-state index in [0.717, 1.165) is 21.3 Å². The normalized spacial score (nSPS) is 11.2. The second-order valence-corrected chi connectivity index (χ2v) is 7.90. The van der Waals surface area contributed by atoms with Gasteiger partial charge in [-0.3, -0.25) is 0 Å². The molecule has 26 heavy (non-hydrogen) atoms. The maximum atomic E-state index is 9.91. The lowest BCUT2D eigenvalue weighted by Gasteiger charge is -2.06. The quantitative estimate of drug-likeness (QED) is 0.447. The monoisotopic (exact) mass is 490 g/mol. The maximum Gasteiger partial charge on any atom is 0.172 e. The van der Waals surface area contributed by atoms with Crippen LogP contribution in [0.15, 0.2) is 50.7 Å². The summed E-state index contributed by atoms with van der Waals surface area (Å²) in [5.41, 5.74) is 2.96. The number of hydrogen-bond acceptors (Lipinski definition) is 5. The van der Waals surface area contributed by atoms with E-state index in [4.69, 9.17) is 4.74 Å². The van der Waals surface area contributed by atoms with E-state index < -0.39 is 0 Å². The Labute approximate surface area is 171 Å². The van der Waals surface area contributed by atoms with Crippen molar-refractivity contribution in [3.63, 3.8) is 0 Å². The Kier molecular flexibility index (Phi) is 5.77. The van der Waals surface area contributed by atoms with Crippen LogP contribution in [0.2, 0.25) is 0 Å². The number of allylic oxidation sites excluding steroid dienone is 1. The van der Waals surface area contributed by atoms with Gasteiger partial charge in [-0.15, -0.1) is 11.3 Å². The highest BCUT2D eigenvalue weighted by molar-refractivity contribution is 9.10. The molecular formula is C19H12Br2N2O2S. The van der Waals surface area contributed by atoms with Crippen LogP contribution in [-0.2, 0) is 0 Å². The zero-order valence-electron chi connectivity index (χ0n) is 13.5. The van der Waals surface area contributed by atoms with Crippen LogP contribution < -0.4 is 4.74 Å². The summed E-state index contributed by atoms with van der Waals surface area (Å²) in [5.74, 6) is 0.353. The summed E-state index contributed by atoms with van der Waals surface area (Å²) in [5, 5.41) is 22.0. The van der Waals surface area contributed by atoms with Crippen molar-refractivity contribution in [1.29, 1.82) is 5.26 Å². The Balaban J connectivity index is 1.99. The number of ether oxygens (including phenoxy) is 1. The number of phenols is 1. The number of nitriles is 1. The van der Waals surface area contributed by atoms with E-state index in [1.54, 1.807) is 18.2 Å². The summed E-state index contributed by atoms with van der Waals surface area (Å²) in [6.45, 7) is 0. The van der Waals surface area contributed by atoms with Crippen molar-refractivity contribution in [3.05, 3.63) is 61.3 Å². The molecule has 1 aromatic heterocycles. The molecule has 0 atom stereocenters. The van der Waals surface area contributed by atoms with Gasteiger partial charge in [-0.05, 0) is 51.8 Å². The van der Waals surface area contributed by atoms with Gasteiger partial charge in [-0.1, -0.05) is 28.1 Å². The van der Waals surface area contributed by atoms with Gasteiger partial charge in [0.1, 0.15) is 11.1 Å². The molecule has 0 spiro atoms. The summed E-state index contributed by atoms with van der Waals surface area (Å²) in [6.07, 6.45) is 1.72. The third-order valence-electron chi connectivity index (χ3n) is 3.56. The molecule has 0 aliphatic carbocycles. The molecule has 0 radical (unpaired) electrons. The molecule has 3 rings (SSSR count). The minimum Gasteiger partial charge on any atom is -0.503 e. The minimum atomic E-state index is 0.0225. The number of benzene rings is 2. The van der Waals surface area contributed by atoms with Gasteiger partial charge in [-0.2, -0.15) is 5.26 Å². The van der Waals surface area contributed by atoms with Crippen LogP contribution in [0.3, 0.4) is 0 Å². The lowest BCUT2D eigenvalue weighted by atomic mass is 10.1. The Bertz CT molecular complexity index is 1040. The number of halogens is 2. The average molecular weight is 492 g/mol. The first kappa shape index (κ1) is 18.6. The predicted molar refractivity (Wildman–Crippen MR) is 111 cm³/mol. The number of thiazole rings is 1. The maximum absolute atomic E-state index is 9.91. The van der Waals surface area contributed by atoms with Gasteiger partial charge in [-0.25, -0.2) is 4.98 Å². The van der Waals surface area contributed by atoms with Gasteiger partial charge in [0.15, 0.2) is 11.5 Å². The molecule has 2 aromatic carbocycles. The van der Waals surface area contributed by atoms with E-state index in [1.165, 1.54) is 18.4 Å². The molecule has 130 valence electrons. The fourth-order valence-corrected chi connectivity index (χ4v) is 3.97. The third-order valence-corrected chi connectivity index (χ3v) is 5.53. The summed E-state index contributed by atoms with van der Waals surface area (Å²) in [7, 11) is 1.48. The third kappa shape index (κ3) is 3.98. The number of methoxy groups -OCH3 is 1. The van der Waals surface area contributed by atoms with Gasteiger partial charge in [0.25, 0.3) is 0 Å². The van der Waals surface area contributed by atoms with E-state index in [-0.39, 0.29) is 5.75 Å². The molecule has 0 bridgehead atoms. The smallest absolute Gasteiger partial charge is 0.172 e.